The molecule has 3 heterocycles. The van der Waals surface area contributed by atoms with Gasteiger partial charge in [-0.25, -0.2) is 17.8 Å². The Morgan fingerprint density at radius 1 is 1.10 bits per heavy atom. The molecule has 0 bridgehead atoms. The number of aromatic nitrogens is 1. The first-order chi connectivity index (χ1) is 18.7. The van der Waals surface area contributed by atoms with Gasteiger partial charge in [0.2, 0.25) is 5.91 Å². The Morgan fingerprint density at radius 2 is 1.87 bits per heavy atom. The quantitative estimate of drug-likeness (QED) is 0.412. The predicted molar refractivity (Wildman–Crippen MR) is 150 cm³/mol. The highest BCUT2D eigenvalue weighted by Gasteiger charge is 2.30. The minimum absolute atomic E-state index is 0.0739. The number of para-hydroxylation sites is 1. The molecule has 1 fully saturated rings. The minimum Gasteiger partial charge on any atom is -0.306 e. The maximum Gasteiger partial charge on any atom is 0.270 e. The highest BCUT2D eigenvalue weighted by atomic mass is 35.5. The predicted octanol–water partition coefficient (Wildman–Crippen LogP) is 4.58. The smallest absolute Gasteiger partial charge is 0.270 e. The Morgan fingerprint density at radius 3 is 2.62 bits per heavy atom. The second-order valence-corrected chi connectivity index (χ2v) is 13.2. The van der Waals surface area contributed by atoms with E-state index in [-0.39, 0.29) is 33.7 Å². The molecule has 0 aliphatic carbocycles. The van der Waals surface area contributed by atoms with E-state index in [1.165, 1.54) is 12.1 Å². The molecule has 1 aromatic heterocycles. The third-order valence-electron chi connectivity index (χ3n) is 6.96. The van der Waals surface area contributed by atoms with Crippen LogP contribution in [0.25, 0.3) is 0 Å². The number of thiazole rings is 1. The highest BCUT2D eigenvalue weighted by molar-refractivity contribution is 7.91. The van der Waals surface area contributed by atoms with Crippen LogP contribution in [0.5, 0.6) is 0 Å². The standard InChI is InChI=1S/C27H28ClFN4O4S2/c28-20-6-2-3-7-23(20)33-13-10-22-25(26(33)35)38-27(30-22)31-24(34)16-18-8-9-19(17-21(18)29)39(36,37)15-14-32-11-4-1-5-12-32/h2-3,6-9,17H,1,4-5,10-16H2,(H,30,31,34). The van der Waals surface area contributed by atoms with Crippen molar-refractivity contribution in [2.45, 2.75) is 37.0 Å². The van der Waals surface area contributed by atoms with Crippen LogP contribution in [0.1, 0.15) is 40.2 Å². The molecule has 8 nitrogen and oxygen atoms in total. The number of halogens is 2. The Kier molecular flexibility index (Phi) is 8.32. The fraction of sp³-hybridized carbons (Fsp3) is 0.370. The van der Waals surface area contributed by atoms with Crippen molar-refractivity contribution in [2.24, 2.45) is 0 Å². The van der Waals surface area contributed by atoms with Crippen LogP contribution in [0.4, 0.5) is 15.2 Å². The van der Waals surface area contributed by atoms with Crippen LogP contribution in [0, 0.1) is 5.82 Å². The Balaban J connectivity index is 1.21. The SMILES string of the molecule is O=C(Cc1ccc(S(=O)(=O)CCN2CCCCC2)cc1F)Nc1nc2c(s1)C(=O)N(c1ccccc1Cl)CC2. The first-order valence-electron chi connectivity index (χ1n) is 12.8. The fourth-order valence-electron chi connectivity index (χ4n) is 4.84. The number of nitrogens with zero attached hydrogens (tertiary/aromatic N) is 3. The number of anilines is 2. The number of nitrogens with one attached hydrogen (secondary N) is 1. The van der Waals surface area contributed by atoms with Gasteiger partial charge in [0.15, 0.2) is 15.0 Å². The second kappa shape index (κ2) is 11.7. The molecule has 2 aromatic carbocycles. The van der Waals surface area contributed by atoms with Gasteiger partial charge in [0.05, 0.1) is 33.5 Å². The summed E-state index contributed by atoms with van der Waals surface area (Å²) in [6, 6.07) is 10.8. The molecule has 0 radical (unpaired) electrons. The monoisotopic (exact) mass is 590 g/mol. The van der Waals surface area contributed by atoms with Gasteiger partial charge in [0.1, 0.15) is 10.7 Å². The van der Waals surface area contributed by atoms with E-state index in [9.17, 15) is 22.4 Å². The summed E-state index contributed by atoms with van der Waals surface area (Å²) in [6.07, 6.45) is 3.48. The molecule has 1 N–H and O–H groups in total. The maximum atomic E-state index is 14.8. The van der Waals surface area contributed by atoms with E-state index >= 15 is 0 Å². The molecule has 5 rings (SSSR count). The Bertz CT molecular complexity index is 1510. The fourth-order valence-corrected chi connectivity index (χ4v) is 7.34. The summed E-state index contributed by atoms with van der Waals surface area (Å²) >= 11 is 7.33. The number of carbonyl (C=O) groups is 2. The summed E-state index contributed by atoms with van der Waals surface area (Å²) in [7, 11) is -3.65. The highest BCUT2D eigenvalue weighted by Crippen LogP contribution is 2.34. The molecular weight excluding hydrogens is 563 g/mol. The van der Waals surface area contributed by atoms with E-state index in [1.54, 1.807) is 29.2 Å². The van der Waals surface area contributed by atoms with E-state index in [0.29, 0.717) is 40.8 Å². The third-order valence-corrected chi connectivity index (χ3v) is 9.97. The van der Waals surface area contributed by atoms with Crippen LogP contribution < -0.4 is 10.2 Å². The summed E-state index contributed by atoms with van der Waals surface area (Å²) in [5, 5.41) is 3.36. The molecule has 0 atom stereocenters. The molecule has 0 saturated carbocycles. The van der Waals surface area contributed by atoms with Crippen molar-refractivity contribution in [1.82, 2.24) is 9.88 Å². The molecule has 206 valence electrons. The van der Waals surface area contributed by atoms with Crippen molar-refractivity contribution in [1.29, 1.82) is 0 Å². The number of piperidine rings is 1. The van der Waals surface area contributed by atoms with Crippen LogP contribution in [0.15, 0.2) is 47.4 Å². The number of likely N-dealkylation sites (tertiary alicyclic amines) is 1. The number of fused-ring (bicyclic) bond motifs is 1. The number of hydrogen-bond acceptors (Lipinski definition) is 7. The van der Waals surface area contributed by atoms with Crippen molar-refractivity contribution < 1.29 is 22.4 Å². The first kappa shape index (κ1) is 27.7. The number of benzene rings is 2. The number of amides is 2. The lowest BCUT2D eigenvalue weighted by Crippen LogP contribution is -2.37. The molecule has 2 amide bonds. The molecule has 39 heavy (non-hydrogen) atoms. The molecule has 3 aromatic rings. The maximum absolute atomic E-state index is 14.8. The van der Waals surface area contributed by atoms with Gasteiger partial charge in [0.25, 0.3) is 5.91 Å². The summed E-state index contributed by atoms with van der Waals surface area (Å²) in [6.45, 7) is 2.59. The minimum atomic E-state index is -3.65. The zero-order valence-corrected chi connectivity index (χ0v) is 23.5. The number of carbonyl (C=O) groups excluding carboxylic acids is 2. The van der Waals surface area contributed by atoms with E-state index in [4.69, 9.17) is 11.6 Å². The lowest BCUT2D eigenvalue weighted by molar-refractivity contribution is -0.115. The molecule has 12 heteroatoms. The molecule has 2 aliphatic heterocycles. The van der Waals surface area contributed by atoms with Crippen LogP contribution in [0.2, 0.25) is 5.02 Å². The lowest BCUT2D eigenvalue weighted by Gasteiger charge is -2.26. The number of sulfone groups is 1. The first-order valence-corrected chi connectivity index (χ1v) is 15.7. The molecule has 1 saturated heterocycles. The second-order valence-electron chi connectivity index (χ2n) is 9.65. The van der Waals surface area contributed by atoms with Gasteiger partial charge in [-0.3, -0.25) is 9.59 Å². The summed E-state index contributed by atoms with van der Waals surface area (Å²) in [5.74, 6) is -1.59. The summed E-state index contributed by atoms with van der Waals surface area (Å²) < 4.78 is 40.3. The van der Waals surface area contributed by atoms with E-state index in [2.05, 4.69) is 15.2 Å². The van der Waals surface area contributed by atoms with Crippen LogP contribution in [0.3, 0.4) is 0 Å². The third kappa shape index (κ3) is 6.32. The van der Waals surface area contributed by atoms with E-state index in [0.717, 1.165) is 49.8 Å². The summed E-state index contributed by atoms with van der Waals surface area (Å²) in [5.41, 5.74) is 1.28. The average molecular weight is 591 g/mol. The number of rotatable bonds is 8. The number of hydrogen-bond donors (Lipinski definition) is 1. The van der Waals surface area contributed by atoms with Crippen LogP contribution in [-0.2, 0) is 27.5 Å². The van der Waals surface area contributed by atoms with Crippen molar-refractivity contribution >= 4 is 55.4 Å². The zero-order chi connectivity index (χ0) is 27.6. The van der Waals surface area contributed by atoms with Gasteiger partial charge < -0.3 is 15.1 Å². The molecular formula is C27H28ClFN4O4S2. The van der Waals surface area contributed by atoms with Gasteiger partial charge in [-0.2, -0.15) is 0 Å². The van der Waals surface area contributed by atoms with Crippen molar-refractivity contribution in [3.8, 4) is 0 Å². The normalized spacial score (nSPS) is 16.3. The average Bonchev–Trinajstić information content (AvgIpc) is 3.33. The van der Waals surface area contributed by atoms with Crippen molar-refractivity contribution in [2.75, 3.05) is 42.1 Å². The summed E-state index contributed by atoms with van der Waals surface area (Å²) in [4.78, 5) is 34.2. The van der Waals surface area contributed by atoms with E-state index < -0.39 is 21.6 Å². The molecule has 0 spiro atoms. The van der Waals surface area contributed by atoms with E-state index in [1.807, 2.05) is 0 Å². The van der Waals surface area contributed by atoms with Gasteiger partial charge in [-0.05, 0) is 55.8 Å². The Hall–Kier alpha value is -2.86. The van der Waals surface area contributed by atoms with Crippen molar-refractivity contribution in [3.63, 3.8) is 0 Å². The topological polar surface area (TPSA) is 99.7 Å². The van der Waals surface area contributed by atoms with Crippen LogP contribution in [-0.4, -0.2) is 62.0 Å². The van der Waals surface area contributed by atoms with Crippen molar-refractivity contribution in [3.05, 3.63) is 69.4 Å². The van der Waals surface area contributed by atoms with Gasteiger partial charge in [-0.1, -0.05) is 47.6 Å². The lowest BCUT2D eigenvalue weighted by atomic mass is 10.1. The zero-order valence-electron chi connectivity index (χ0n) is 21.2. The molecule has 0 unspecified atom stereocenters. The Labute approximate surface area is 235 Å². The van der Waals surface area contributed by atoms with Gasteiger partial charge in [0, 0.05) is 19.5 Å². The van der Waals surface area contributed by atoms with Gasteiger partial charge >= 0.3 is 0 Å². The molecule has 2 aliphatic rings. The van der Waals surface area contributed by atoms with Gasteiger partial charge in [-0.15, -0.1) is 0 Å². The largest absolute Gasteiger partial charge is 0.306 e. The van der Waals surface area contributed by atoms with Crippen LogP contribution >= 0.6 is 22.9 Å².